The summed E-state index contributed by atoms with van der Waals surface area (Å²) in [5, 5.41) is 3.41. The Kier molecular flexibility index (Phi) is 5.94. The van der Waals surface area contributed by atoms with Crippen LogP contribution in [-0.4, -0.2) is 16.3 Å². The van der Waals surface area contributed by atoms with Crippen LogP contribution in [-0.2, 0) is 16.2 Å². The fourth-order valence-electron chi connectivity index (χ4n) is 4.04. The number of hydrogen-bond acceptors (Lipinski definition) is 2. The van der Waals surface area contributed by atoms with Crippen molar-refractivity contribution in [3.8, 4) is 0 Å². The third kappa shape index (κ3) is 4.54. The third-order valence-corrected chi connectivity index (χ3v) is 6.56. The van der Waals surface area contributed by atoms with Crippen molar-refractivity contribution in [2.45, 2.75) is 54.8 Å². The van der Waals surface area contributed by atoms with Crippen LogP contribution in [0.5, 0.6) is 0 Å². The lowest BCUT2D eigenvalue weighted by Crippen LogP contribution is -2.37. The molecule has 0 spiro atoms. The predicted molar refractivity (Wildman–Crippen MR) is 103 cm³/mol. The summed E-state index contributed by atoms with van der Waals surface area (Å²) in [5.74, 6) is 0. The van der Waals surface area contributed by atoms with Crippen LogP contribution < -0.4 is 5.32 Å². The van der Waals surface area contributed by atoms with Gasteiger partial charge >= 0.3 is 5.51 Å². The van der Waals surface area contributed by atoms with Gasteiger partial charge in [0, 0.05) is 22.5 Å². The van der Waals surface area contributed by atoms with E-state index < -0.39 is 16.3 Å². The first-order chi connectivity index (χ1) is 12.8. The van der Waals surface area contributed by atoms with Crippen LogP contribution >= 0.6 is 0 Å². The number of hydrogen-bond donors (Lipinski definition) is 1. The summed E-state index contributed by atoms with van der Waals surface area (Å²) in [6, 6.07) is 14.2. The molecule has 1 unspecified atom stereocenters. The Morgan fingerprint density at radius 1 is 1.00 bits per heavy atom. The standard InChI is InChI=1S/C21H24F3NOS/c1-16-7-3-4-8-19(16)20(13-5-2-6-14-20)15-25-17-9-11-18(12-10-17)27(26)21(22,23)24/h3-4,7-12,25H,2,5-6,13-15H2,1H3. The zero-order valence-electron chi connectivity index (χ0n) is 15.3. The third-order valence-electron chi connectivity index (χ3n) is 5.44. The maximum atomic E-state index is 12.6. The Morgan fingerprint density at radius 2 is 1.63 bits per heavy atom. The zero-order valence-corrected chi connectivity index (χ0v) is 16.1. The summed E-state index contributed by atoms with van der Waals surface area (Å²) in [7, 11) is -2.99. The van der Waals surface area contributed by atoms with Gasteiger partial charge in [0.15, 0.2) is 10.8 Å². The monoisotopic (exact) mass is 395 g/mol. The highest BCUT2D eigenvalue weighted by Crippen LogP contribution is 2.41. The lowest BCUT2D eigenvalue weighted by Gasteiger charge is -2.39. The summed E-state index contributed by atoms with van der Waals surface area (Å²) < 4.78 is 49.2. The Bertz CT molecular complexity index is 796. The maximum Gasteiger partial charge on any atom is 0.475 e. The highest BCUT2D eigenvalue weighted by Gasteiger charge is 2.38. The van der Waals surface area contributed by atoms with Crippen LogP contribution in [0.1, 0.15) is 43.2 Å². The van der Waals surface area contributed by atoms with Crippen molar-refractivity contribution in [3.63, 3.8) is 0 Å². The Hall–Kier alpha value is -1.82. The van der Waals surface area contributed by atoms with E-state index in [0.717, 1.165) is 25.1 Å². The second kappa shape index (κ2) is 8.05. The lowest BCUT2D eigenvalue weighted by molar-refractivity contribution is -0.0384. The molecule has 0 amide bonds. The van der Waals surface area contributed by atoms with Gasteiger partial charge in [-0.3, -0.25) is 0 Å². The summed E-state index contributed by atoms with van der Waals surface area (Å²) in [5.41, 5.74) is -1.32. The summed E-state index contributed by atoms with van der Waals surface area (Å²) in [4.78, 5) is -0.223. The van der Waals surface area contributed by atoms with Crippen molar-refractivity contribution in [1.29, 1.82) is 0 Å². The molecule has 0 heterocycles. The quantitative estimate of drug-likeness (QED) is 0.679. The van der Waals surface area contributed by atoms with Gasteiger partial charge in [-0.05, 0) is 55.2 Å². The number of anilines is 1. The van der Waals surface area contributed by atoms with Crippen molar-refractivity contribution in [3.05, 3.63) is 59.7 Å². The van der Waals surface area contributed by atoms with Crippen LogP contribution in [0, 0.1) is 6.92 Å². The smallest absolute Gasteiger partial charge is 0.384 e. The van der Waals surface area contributed by atoms with Gasteiger partial charge in [0.05, 0.1) is 0 Å². The van der Waals surface area contributed by atoms with Crippen LogP contribution in [0.15, 0.2) is 53.4 Å². The first-order valence-corrected chi connectivity index (χ1v) is 10.4. The molecule has 1 saturated carbocycles. The number of alkyl halides is 3. The molecular weight excluding hydrogens is 371 g/mol. The molecule has 0 bridgehead atoms. The molecule has 2 nitrogen and oxygen atoms in total. The molecule has 1 aliphatic carbocycles. The molecule has 0 aromatic heterocycles. The first-order valence-electron chi connectivity index (χ1n) is 9.20. The van der Waals surface area contributed by atoms with Gasteiger partial charge in [0.25, 0.3) is 0 Å². The minimum absolute atomic E-state index is 0.0387. The summed E-state index contributed by atoms with van der Waals surface area (Å²) in [6.07, 6.45) is 5.80. The van der Waals surface area contributed by atoms with E-state index in [1.54, 1.807) is 12.1 Å². The van der Waals surface area contributed by atoms with Crippen molar-refractivity contribution in [2.24, 2.45) is 0 Å². The Labute approximate surface area is 160 Å². The zero-order chi connectivity index (χ0) is 19.5. The summed E-state index contributed by atoms with van der Waals surface area (Å²) in [6.45, 7) is 2.87. The van der Waals surface area contributed by atoms with Crippen LogP contribution in [0.25, 0.3) is 0 Å². The molecule has 0 aliphatic heterocycles. The van der Waals surface area contributed by atoms with E-state index in [-0.39, 0.29) is 10.3 Å². The largest absolute Gasteiger partial charge is 0.475 e. The van der Waals surface area contributed by atoms with Crippen LogP contribution in [0.3, 0.4) is 0 Å². The van der Waals surface area contributed by atoms with Gasteiger partial charge in [-0.1, -0.05) is 43.5 Å². The molecule has 146 valence electrons. The Morgan fingerprint density at radius 3 is 2.22 bits per heavy atom. The van der Waals surface area contributed by atoms with Crippen molar-refractivity contribution < 1.29 is 17.4 Å². The summed E-state index contributed by atoms with van der Waals surface area (Å²) >= 11 is 0. The molecule has 1 fully saturated rings. The molecule has 27 heavy (non-hydrogen) atoms. The minimum atomic E-state index is -4.73. The number of nitrogens with one attached hydrogen (secondary N) is 1. The van der Waals surface area contributed by atoms with Gasteiger partial charge in [-0.2, -0.15) is 13.2 Å². The van der Waals surface area contributed by atoms with Gasteiger partial charge < -0.3 is 5.32 Å². The average molecular weight is 395 g/mol. The van der Waals surface area contributed by atoms with Crippen LogP contribution in [0.4, 0.5) is 18.9 Å². The second-order valence-corrected chi connectivity index (χ2v) is 8.72. The SMILES string of the molecule is Cc1ccccc1C1(CNc2ccc(S(=O)C(F)(F)F)cc2)CCCCC1. The van der Waals surface area contributed by atoms with E-state index in [2.05, 4.69) is 30.4 Å². The first kappa shape index (κ1) is 19.9. The molecule has 1 atom stereocenters. The molecular formula is C21H24F3NOS. The molecule has 1 N–H and O–H groups in total. The number of aryl methyl sites for hydroxylation is 1. The van der Waals surface area contributed by atoms with E-state index in [9.17, 15) is 17.4 Å². The fourth-order valence-corrected chi connectivity index (χ4v) is 4.69. The van der Waals surface area contributed by atoms with Gasteiger partial charge in [-0.15, -0.1) is 0 Å². The second-order valence-electron chi connectivity index (χ2n) is 7.25. The molecule has 2 aromatic rings. The van der Waals surface area contributed by atoms with Crippen molar-refractivity contribution in [1.82, 2.24) is 0 Å². The average Bonchev–Trinajstić information content (AvgIpc) is 2.66. The normalized spacial score (nSPS) is 18.1. The number of benzene rings is 2. The molecule has 3 rings (SSSR count). The minimum Gasteiger partial charge on any atom is -0.384 e. The van der Waals surface area contributed by atoms with E-state index in [4.69, 9.17) is 0 Å². The number of rotatable bonds is 5. The molecule has 0 saturated heterocycles. The van der Waals surface area contributed by atoms with E-state index in [1.807, 2.05) is 6.07 Å². The van der Waals surface area contributed by atoms with Crippen LogP contribution in [0.2, 0.25) is 0 Å². The number of halogens is 3. The van der Waals surface area contributed by atoms with Gasteiger partial charge in [-0.25, -0.2) is 4.21 Å². The highest BCUT2D eigenvalue weighted by atomic mass is 32.2. The van der Waals surface area contributed by atoms with E-state index in [0.29, 0.717) is 0 Å². The Balaban J connectivity index is 1.77. The topological polar surface area (TPSA) is 29.1 Å². The molecule has 0 radical (unpaired) electrons. The van der Waals surface area contributed by atoms with Crippen molar-refractivity contribution >= 4 is 16.5 Å². The fraction of sp³-hybridized carbons (Fsp3) is 0.429. The molecule has 1 aliphatic rings. The lowest BCUT2D eigenvalue weighted by atomic mass is 9.68. The maximum absolute atomic E-state index is 12.6. The molecule has 6 heteroatoms. The highest BCUT2D eigenvalue weighted by molar-refractivity contribution is 7.86. The molecule has 2 aromatic carbocycles. The van der Waals surface area contributed by atoms with Gasteiger partial charge in [0.2, 0.25) is 0 Å². The van der Waals surface area contributed by atoms with E-state index >= 15 is 0 Å². The van der Waals surface area contributed by atoms with E-state index in [1.165, 1.54) is 42.5 Å². The van der Waals surface area contributed by atoms with Gasteiger partial charge in [0.1, 0.15) is 0 Å². The predicted octanol–water partition coefficient (Wildman–Crippen LogP) is 5.94. The van der Waals surface area contributed by atoms with Crippen molar-refractivity contribution in [2.75, 3.05) is 11.9 Å².